The summed E-state index contributed by atoms with van der Waals surface area (Å²) in [5.41, 5.74) is 1.24. The summed E-state index contributed by atoms with van der Waals surface area (Å²) in [6, 6.07) is 6.10. The maximum Gasteiger partial charge on any atom is 0.0449 e. The van der Waals surface area contributed by atoms with Gasteiger partial charge in [0.2, 0.25) is 0 Å². The zero-order chi connectivity index (χ0) is 11.3. The molecule has 1 aromatic carbocycles. The zero-order valence-corrected chi connectivity index (χ0v) is 12.7. The summed E-state index contributed by atoms with van der Waals surface area (Å²) >= 11 is 13.2. The van der Waals surface area contributed by atoms with Crippen LogP contribution in [0.25, 0.3) is 0 Å². The Hall–Kier alpha value is 0.470. The van der Waals surface area contributed by atoms with Crippen molar-refractivity contribution in [3.05, 3.63) is 33.3 Å². The molecule has 84 valence electrons. The van der Waals surface area contributed by atoms with Gasteiger partial charge in [-0.05, 0) is 37.0 Å². The van der Waals surface area contributed by atoms with Crippen LogP contribution in [-0.2, 0) is 6.42 Å². The molecule has 15 heavy (non-hydrogen) atoms. The predicted molar refractivity (Wildman–Crippen MR) is 75.1 cm³/mol. The molecule has 0 saturated heterocycles. The Labute approximate surface area is 114 Å². The molecule has 0 heterocycles. The third kappa shape index (κ3) is 4.88. The molecular weight excluding hydrogens is 339 g/mol. The van der Waals surface area contributed by atoms with E-state index in [1.807, 2.05) is 12.1 Å². The van der Waals surface area contributed by atoms with Crippen molar-refractivity contribution in [2.45, 2.75) is 37.4 Å². The van der Waals surface area contributed by atoms with Gasteiger partial charge in [-0.25, -0.2) is 0 Å². The van der Waals surface area contributed by atoms with Crippen molar-refractivity contribution in [3.8, 4) is 0 Å². The molecule has 0 aromatic heterocycles. The Bertz CT molecular complexity index is 312. The SMILES string of the molecule is CCCC(Br)CCc1ccc(Br)cc1Cl. The average molecular weight is 355 g/mol. The number of rotatable bonds is 5. The first-order valence-corrected chi connectivity index (χ1v) is 7.30. The second kappa shape index (κ2) is 6.93. The standard InChI is InChI=1S/C12H15Br2Cl/c1-2-3-10(13)6-4-9-5-7-11(14)8-12(9)15/h5,7-8,10H,2-4,6H2,1H3. The van der Waals surface area contributed by atoms with E-state index in [1.165, 1.54) is 18.4 Å². The zero-order valence-electron chi connectivity index (χ0n) is 8.77. The molecule has 1 rings (SSSR count). The molecule has 0 aliphatic heterocycles. The van der Waals surface area contributed by atoms with E-state index in [0.717, 1.165) is 22.3 Å². The second-order valence-electron chi connectivity index (χ2n) is 3.66. The molecule has 0 N–H and O–H groups in total. The van der Waals surface area contributed by atoms with Crippen LogP contribution in [0, 0.1) is 0 Å². The van der Waals surface area contributed by atoms with Gasteiger partial charge in [0.15, 0.2) is 0 Å². The predicted octanol–water partition coefficient (Wildman–Crippen LogP) is 5.60. The molecule has 1 aromatic rings. The van der Waals surface area contributed by atoms with Crippen LogP contribution in [0.15, 0.2) is 22.7 Å². The Balaban J connectivity index is 2.50. The fraction of sp³-hybridized carbons (Fsp3) is 0.500. The highest BCUT2D eigenvalue weighted by molar-refractivity contribution is 9.10. The molecule has 1 atom stereocenters. The second-order valence-corrected chi connectivity index (χ2v) is 6.28. The van der Waals surface area contributed by atoms with Crippen LogP contribution in [0.2, 0.25) is 5.02 Å². The van der Waals surface area contributed by atoms with E-state index in [2.05, 4.69) is 44.8 Å². The van der Waals surface area contributed by atoms with Gasteiger partial charge in [-0.1, -0.05) is 62.9 Å². The molecule has 1 unspecified atom stereocenters. The lowest BCUT2D eigenvalue weighted by Crippen LogP contribution is -1.99. The number of benzene rings is 1. The van der Waals surface area contributed by atoms with Crippen LogP contribution in [0.3, 0.4) is 0 Å². The number of halogens is 3. The quantitative estimate of drug-likeness (QED) is 0.604. The van der Waals surface area contributed by atoms with E-state index in [4.69, 9.17) is 11.6 Å². The third-order valence-corrected chi connectivity index (χ3v) is 4.10. The van der Waals surface area contributed by atoms with Gasteiger partial charge in [0.1, 0.15) is 0 Å². The van der Waals surface area contributed by atoms with Gasteiger partial charge in [0.25, 0.3) is 0 Å². The lowest BCUT2D eigenvalue weighted by Gasteiger charge is -2.09. The van der Waals surface area contributed by atoms with Crippen molar-refractivity contribution in [2.75, 3.05) is 0 Å². The smallest absolute Gasteiger partial charge is 0.0449 e. The first kappa shape index (κ1) is 13.5. The first-order valence-electron chi connectivity index (χ1n) is 5.21. The number of hydrogen-bond donors (Lipinski definition) is 0. The summed E-state index contributed by atoms with van der Waals surface area (Å²) in [5.74, 6) is 0. The van der Waals surface area contributed by atoms with E-state index in [0.29, 0.717) is 4.83 Å². The molecule has 0 bridgehead atoms. The third-order valence-electron chi connectivity index (χ3n) is 2.34. The minimum atomic E-state index is 0.613. The van der Waals surface area contributed by atoms with Crippen molar-refractivity contribution >= 4 is 43.5 Å². The highest BCUT2D eigenvalue weighted by Crippen LogP contribution is 2.24. The maximum absolute atomic E-state index is 6.14. The van der Waals surface area contributed by atoms with Gasteiger partial charge in [0.05, 0.1) is 0 Å². The van der Waals surface area contributed by atoms with E-state index in [9.17, 15) is 0 Å². The largest absolute Gasteiger partial charge is 0.0891 e. The Kier molecular flexibility index (Phi) is 6.25. The molecule has 3 heteroatoms. The fourth-order valence-electron chi connectivity index (χ4n) is 1.49. The summed E-state index contributed by atoms with van der Waals surface area (Å²) in [5, 5.41) is 0.862. The normalized spacial score (nSPS) is 12.8. The van der Waals surface area contributed by atoms with Gasteiger partial charge < -0.3 is 0 Å². The Morgan fingerprint density at radius 3 is 2.67 bits per heavy atom. The fourth-order valence-corrected chi connectivity index (χ4v) is 2.95. The van der Waals surface area contributed by atoms with E-state index < -0.39 is 0 Å². The van der Waals surface area contributed by atoms with Crippen molar-refractivity contribution in [1.82, 2.24) is 0 Å². The van der Waals surface area contributed by atoms with E-state index in [1.54, 1.807) is 0 Å². The summed E-state index contributed by atoms with van der Waals surface area (Å²) in [6.07, 6.45) is 4.65. The molecule has 0 saturated carbocycles. The molecule has 0 radical (unpaired) electrons. The lowest BCUT2D eigenvalue weighted by molar-refractivity contribution is 0.693. The van der Waals surface area contributed by atoms with Crippen molar-refractivity contribution < 1.29 is 0 Å². The molecule has 0 spiro atoms. The van der Waals surface area contributed by atoms with Crippen LogP contribution < -0.4 is 0 Å². The van der Waals surface area contributed by atoms with Gasteiger partial charge in [-0.3, -0.25) is 0 Å². The van der Waals surface area contributed by atoms with Gasteiger partial charge in [0, 0.05) is 14.3 Å². The summed E-state index contributed by atoms with van der Waals surface area (Å²) < 4.78 is 1.04. The summed E-state index contributed by atoms with van der Waals surface area (Å²) in [7, 11) is 0. The topological polar surface area (TPSA) is 0 Å². The van der Waals surface area contributed by atoms with Crippen LogP contribution >= 0.6 is 43.5 Å². The molecule has 0 fully saturated rings. The van der Waals surface area contributed by atoms with Crippen LogP contribution in [0.4, 0.5) is 0 Å². The minimum absolute atomic E-state index is 0.613. The number of alkyl halides is 1. The number of aryl methyl sites for hydroxylation is 1. The van der Waals surface area contributed by atoms with Gasteiger partial charge in [-0.2, -0.15) is 0 Å². The maximum atomic E-state index is 6.14. The Morgan fingerprint density at radius 2 is 2.07 bits per heavy atom. The first-order chi connectivity index (χ1) is 7.13. The van der Waals surface area contributed by atoms with E-state index in [-0.39, 0.29) is 0 Å². The van der Waals surface area contributed by atoms with Crippen LogP contribution in [0.1, 0.15) is 31.7 Å². The minimum Gasteiger partial charge on any atom is -0.0891 e. The Morgan fingerprint density at radius 1 is 1.33 bits per heavy atom. The van der Waals surface area contributed by atoms with Gasteiger partial charge in [-0.15, -0.1) is 0 Å². The highest BCUT2D eigenvalue weighted by Gasteiger charge is 2.06. The molecule has 0 aliphatic carbocycles. The summed E-state index contributed by atoms with van der Waals surface area (Å²) in [4.78, 5) is 0.613. The highest BCUT2D eigenvalue weighted by atomic mass is 79.9. The molecular formula is C12H15Br2Cl. The van der Waals surface area contributed by atoms with Crippen LogP contribution in [-0.4, -0.2) is 4.83 Å². The van der Waals surface area contributed by atoms with Crippen molar-refractivity contribution in [1.29, 1.82) is 0 Å². The molecule has 0 nitrogen and oxygen atoms in total. The average Bonchev–Trinajstić information content (AvgIpc) is 2.17. The molecule has 0 aliphatic rings. The number of hydrogen-bond acceptors (Lipinski definition) is 0. The van der Waals surface area contributed by atoms with Crippen LogP contribution in [0.5, 0.6) is 0 Å². The van der Waals surface area contributed by atoms with Gasteiger partial charge >= 0.3 is 0 Å². The summed E-state index contributed by atoms with van der Waals surface area (Å²) in [6.45, 7) is 2.21. The molecule has 0 amide bonds. The van der Waals surface area contributed by atoms with Crippen molar-refractivity contribution in [3.63, 3.8) is 0 Å². The lowest BCUT2D eigenvalue weighted by atomic mass is 10.1. The monoisotopic (exact) mass is 352 g/mol. The van der Waals surface area contributed by atoms with Crippen molar-refractivity contribution in [2.24, 2.45) is 0 Å². The van der Waals surface area contributed by atoms with E-state index >= 15 is 0 Å².